The molecule has 0 aliphatic heterocycles. The molecule has 28 heavy (non-hydrogen) atoms. The lowest BCUT2D eigenvalue weighted by atomic mass is 10.1. The van der Waals surface area contributed by atoms with Gasteiger partial charge in [-0.3, -0.25) is 4.79 Å². The number of ether oxygens (including phenoxy) is 1. The van der Waals surface area contributed by atoms with Gasteiger partial charge in [0.15, 0.2) is 0 Å². The van der Waals surface area contributed by atoms with Crippen molar-refractivity contribution in [1.82, 2.24) is 20.4 Å². The average molecular weight is 412 g/mol. The van der Waals surface area contributed by atoms with Crippen LogP contribution >= 0.6 is 11.3 Å². The minimum Gasteiger partial charge on any atom is -0.383 e. The number of nitrogens with zero attached hydrogens (tertiary/aromatic N) is 3. The summed E-state index contributed by atoms with van der Waals surface area (Å²) in [5.41, 5.74) is 1.61. The Kier molecular flexibility index (Phi) is 6.05. The van der Waals surface area contributed by atoms with Crippen molar-refractivity contribution in [3.63, 3.8) is 0 Å². The van der Waals surface area contributed by atoms with Crippen LogP contribution in [0.25, 0.3) is 11.4 Å². The lowest BCUT2D eigenvalue weighted by Crippen LogP contribution is -2.27. The number of rotatable bonds is 7. The molecule has 0 spiro atoms. The van der Waals surface area contributed by atoms with Crippen molar-refractivity contribution < 1.29 is 27.2 Å². The number of alkyl halides is 3. The van der Waals surface area contributed by atoms with E-state index in [4.69, 9.17) is 4.74 Å². The Morgan fingerprint density at radius 2 is 2.00 bits per heavy atom. The molecule has 0 aliphatic rings. The average Bonchev–Trinajstić information content (AvgIpc) is 3.32. The molecule has 1 amide bonds. The molecule has 1 N–H and O–H groups in total. The summed E-state index contributed by atoms with van der Waals surface area (Å²) in [4.78, 5) is 19.6. The first kappa shape index (κ1) is 20.0. The van der Waals surface area contributed by atoms with Gasteiger partial charge < -0.3 is 14.6 Å². The molecule has 0 radical (unpaired) electrons. The van der Waals surface area contributed by atoms with Crippen molar-refractivity contribution in [1.29, 1.82) is 0 Å². The van der Waals surface area contributed by atoms with Gasteiger partial charge in [0, 0.05) is 31.0 Å². The van der Waals surface area contributed by atoms with Crippen molar-refractivity contribution in [3.05, 3.63) is 51.8 Å². The molecule has 148 valence electrons. The fourth-order valence-electron chi connectivity index (χ4n) is 2.26. The Labute approximate surface area is 161 Å². The second-order valence-electron chi connectivity index (χ2n) is 5.67. The Balaban J connectivity index is 1.63. The SMILES string of the molecule is COCCNC(=O)c1csc(Cc2ccc(-c3noc(C(F)(F)F)n3)cc2)n1. The topological polar surface area (TPSA) is 90.1 Å². The number of aromatic nitrogens is 3. The second kappa shape index (κ2) is 8.48. The maximum Gasteiger partial charge on any atom is 0.471 e. The molecule has 2 aromatic heterocycles. The van der Waals surface area contributed by atoms with Gasteiger partial charge in [0.05, 0.1) is 11.6 Å². The quantitative estimate of drug-likeness (QED) is 0.600. The number of carbonyl (C=O) groups excluding carboxylic acids is 1. The molecule has 3 aromatic rings. The summed E-state index contributed by atoms with van der Waals surface area (Å²) < 4.78 is 46.7. The van der Waals surface area contributed by atoms with E-state index >= 15 is 0 Å². The lowest BCUT2D eigenvalue weighted by molar-refractivity contribution is -0.159. The van der Waals surface area contributed by atoms with E-state index < -0.39 is 12.1 Å². The van der Waals surface area contributed by atoms with Crippen LogP contribution in [0.1, 0.15) is 27.0 Å². The second-order valence-corrected chi connectivity index (χ2v) is 6.61. The van der Waals surface area contributed by atoms with Crippen LogP contribution in [0.5, 0.6) is 0 Å². The van der Waals surface area contributed by atoms with Crippen LogP contribution in [-0.4, -0.2) is 41.3 Å². The Morgan fingerprint density at radius 3 is 2.64 bits per heavy atom. The van der Waals surface area contributed by atoms with E-state index in [0.717, 1.165) is 10.6 Å². The smallest absolute Gasteiger partial charge is 0.383 e. The van der Waals surface area contributed by atoms with Crippen molar-refractivity contribution >= 4 is 17.2 Å². The number of thiazole rings is 1. The number of benzene rings is 1. The molecular formula is C17H15F3N4O3S. The van der Waals surface area contributed by atoms with Crippen LogP contribution < -0.4 is 5.32 Å². The van der Waals surface area contributed by atoms with Crippen LogP contribution in [0.15, 0.2) is 34.2 Å². The summed E-state index contributed by atoms with van der Waals surface area (Å²) in [7, 11) is 1.55. The van der Waals surface area contributed by atoms with E-state index in [0.29, 0.717) is 30.8 Å². The van der Waals surface area contributed by atoms with E-state index in [1.165, 1.54) is 11.3 Å². The van der Waals surface area contributed by atoms with E-state index in [9.17, 15) is 18.0 Å². The summed E-state index contributed by atoms with van der Waals surface area (Å²) in [5.74, 6) is -1.79. The standard InChI is InChI=1S/C17H15F3N4O3S/c1-26-7-6-21-15(25)12-9-28-13(22-12)8-10-2-4-11(5-3-10)14-23-16(27-24-14)17(18,19)20/h2-5,9H,6-8H2,1H3,(H,21,25). The molecule has 0 atom stereocenters. The van der Waals surface area contributed by atoms with Crippen molar-refractivity contribution in [3.8, 4) is 11.4 Å². The van der Waals surface area contributed by atoms with E-state index in [-0.39, 0.29) is 11.7 Å². The largest absolute Gasteiger partial charge is 0.471 e. The van der Waals surface area contributed by atoms with Crippen LogP contribution in [0, 0.1) is 0 Å². The van der Waals surface area contributed by atoms with Crippen molar-refractivity contribution in [2.75, 3.05) is 20.3 Å². The summed E-state index contributed by atoms with van der Waals surface area (Å²) in [6, 6.07) is 6.68. The highest BCUT2D eigenvalue weighted by atomic mass is 32.1. The third kappa shape index (κ3) is 4.93. The van der Waals surface area contributed by atoms with Gasteiger partial charge in [0.2, 0.25) is 5.82 Å². The predicted molar refractivity (Wildman–Crippen MR) is 93.9 cm³/mol. The van der Waals surface area contributed by atoms with Gasteiger partial charge in [-0.05, 0) is 5.56 Å². The van der Waals surface area contributed by atoms with Crippen molar-refractivity contribution in [2.24, 2.45) is 0 Å². The zero-order valence-corrected chi connectivity index (χ0v) is 15.4. The highest BCUT2D eigenvalue weighted by Crippen LogP contribution is 2.29. The fraction of sp³-hybridized carbons (Fsp3) is 0.294. The Morgan fingerprint density at radius 1 is 1.25 bits per heavy atom. The highest BCUT2D eigenvalue weighted by molar-refractivity contribution is 7.09. The third-order valence-corrected chi connectivity index (χ3v) is 4.46. The molecule has 0 saturated heterocycles. The first-order valence-electron chi connectivity index (χ1n) is 8.08. The molecule has 0 saturated carbocycles. The van der Waals surface area contributed by atoms with Crippen molar-refractivity contribution in [2.45, 2.75) is 12.6 Å². The lowest BCUT2D eigenvalue weighted by Gasteiger charge is -2.01. The highest BCUT2D eigenvalue weighted by Gasteiger charge is 2.38. The predicted octanol–water partition coefficient (Wildman–Crippen LogP) is 3.18. The minimum atomic E-state index is -4.68. The summed E-state index contributed by atoms with van der Waals surface area (Å²) in [6.45, 7) is 0.815. The maximum atomic E-state index is 12.5. The van der Waals surface area contributed by atoms with E-state index in [1.807, 2.05) is 0 Å². The number of halogens is 3. The molecule has 2 heterocycles. The number of methoxy groups -OCH3 is 1. The summed E-state index contributed by atoms with van der Waals surface area (Å²) >= 11 is 1.35. The van der Waals surface area contributed by atoms with E-state index in [2.05, 4.69) is 25.0 Å². The molecular weight excluding hydrogens is 397 g/mol. The van der Waals surface area contributed by atoms with Gasteiger partial charge in [0.1, 0.15) is 5.69 Å². The number of carbonyl (C=O) groups is 1. The minimum absolute atomic E-state index is 0.136. The Bertz CT molecular complexity index is 938. The Hall–Kier alpha value is -2.79. The molecule has 1 aromatic carbocycles. The van der Waals surface area contributed by atoms with Gasteiger partial charge in [-0.2, -0.15) is 18.2 Å². The van der Waals surface area contributed by atoms with Gasteiger partial charge >= 0.3 is 12.1 Å². The van der Waals surface area contributed by atoms with E-state index in [1.54, 1.807) is 36.8 Å². The van der Waals surface area contributed by atoms with Gasteiger partial charge in [-0.15, -0.1) is 11.3 Å². The zero-order valence-electron chi connectivity index (χ0n) is 14.6. The fourth-order valence-corrected chi connectivity index (χ4v) is 3.06. The number of nitrogens with one attached hydrogen (secondary N) is 1. The summed E-state index contributed by atoms with van der Waals surface area (Å²) in [5, 5.41) is 8.45. The van der Waals surface area contributed by atoms with Gasteiger partial charge in [-0.25, -0.2) is 4.98 Å². The zero-order chi connectivity index (χ0) is 20.1. The van der Waals surface area contributed by atoms with Crippen LogP contribution in [-0.2, 0) is 17.3 Å². The molecule has 11 heteroatoms. The molecule has 0 aliphatic carbocycles. The monoisotopic (exact) mass is 412 g/mol. The van der Waals surface area contributed by atoms with Crippen LogP contribution in [0.3, 0.4) is 0 Å². The molecule has 0 bridgehead atoms. The molecule has 0 unspecified atom stereocenters. The summed E-state index contributed by atoms with van der Waals surface area (Å²) in [6.07, 6.45) is -4.19. The molecule has 3 rings (SSSR count). The van der Waals surface area contributed by atoms with Crippen LogP contribution in [0.2, 0.25) is 0 Å². The normalized spacial score (nSPS) is 11.6. The first-order chi connectivity index (χ1) is 13.4. The molecule has 7 nitrogen and oxygen atoms in total. The van der Waals surface area contributed by atoms with Gasteiger partial charge in [-0.1, -0.05) is 29.4 Å². The maximum absolute atomic E-state index is 12.5. The van der Waals surface area contributed by atoms with Crippen LogP contribution in [0.4, 0.5) is 13.2 Å². The van der Waals surface area contributed by atoms with Gasteiger partial charge in [0.25, 0.3) is 5.91 Å². The number of hydrogen-bond acceptors (Lipinski definition) is 7. The molecule has 0 fully saturated rings. The number of amides is 1. The third-order valence-electron chi connectivity index (χ3n) is 3.61. The first-order valence-corrected chi connectivity index (χ1v) is 8.96. The number of hydrogen-bond donors (Lipinski definition) is 1.